The van der Waals surface area contributed by atoms with E-state index >= 15 is 0 Å². The second-order valence-corrected chi connectivity index (χ2v) is 10.3. The van der Waals surface area contributed by atoms with Crippen molar-refractivity contribution in [3.63, 3.8) is 0 Å². The smallest absolute Gasteiger partial charge is 0.271 e. The molecule has 1 amide bonds. The molecule has 0 fully saturated rings. The summed E-state index contributed by atoms with van der Waals surface area (Å²) >= 11 is 1.29. The molecule has 2 N–H and O–H groups in total. The normalized spacial score (nSPS) is 15.1. The number of nitrogens with zero attached hydrogens (tertiary/aromatic N) is 2. The third kappa shape index (κ3) is 4.40. The van der Waals surface area contributed by atoms with E-state index in [-0.39, 0.29) is 11.5 Å². The highest BCUT2D eigenvalue weighted by atomic mass is 32.1. The molecule has 3 heterocycles. The molecular formula is C31H26N4O4S. The van der Waals surface area contributed by atoms with Crippen LogP contribution in [0.4, 0.5) is 5.69 Å². The van der Waals surface area contributed by atoms with Crippen molar-refractivity contribution in [2.24, 2.45) is 4.99 Å². The van der Waals surface area contributed by atoms with Gasteiger partial charge in [-0.3, -0.25) is 14.2 Å². The van der Waals surface area contributed by atoms with Gasteiger partial charge in [0.1, 0.15) is 17.5 Å². The highest BCUT2D eigenvalue weighted by Gasteiger charge is 2.34. The van der Waals surface area contributed by atoms with E-state index in [0.29, 0.717) is 43.4 Å². The van der Waals surface area contributed by atoms with Crippen molar-refractivity contribution in [1.29, 1.82) is 0 Å². The Kier molecular flexibility index (Phi) is 6.57. The van der Waals surface area contributed by atoms with Gasteiger partial charge in [0.2, 0.25) is 0 Å². The number of carbonyl (C=O) groups excluding carboxylic acids is 1. The molecule has 6 rings (SSSR count). The first kappa shape index (κ1) is 25.4. The molecule has 1 atom stereocenters. The Morgan fingerprint density at radius 2 is 1.82 bits per heavy atom. The minimum atomic E-state index is -0.772. The number of allylic oxidation sites excluding steroid dienone is 1. The highest BCUT2D eigenvalue weighted by Crippen LogP contribution is 2.37. The number of aromatic amines is 1. The van der Waals surface area contributed by atoms with Gasteiger partial charge in [0.05, 0.1) is 30.0 Å². The summed E-state index contributed by atoms with van der Waals surface area (Å²) < 4.78 is 13.2. The van der Waals surface area contributed by atoms with Crippen molar-refractivity contribution in [2.45, 2.75) is 13.0 Å². The van der Waals surface area contributed by atoms with E-state index in [1.165, 1.54) is 11.3 Å². The molecule has 40 heavy (non-hydrogen) atoms. The number of amides is 1. The Morgan fingerprint density at radius 1 is 1.05 bits per heavy atom. The average Bonchev–Trinajstić information content (AvgIpc) is 3.52. The Bertz CT molecular complexity index is 1970. The lowest BCUT2D eigenvalue weighted by Crippen LogP contribution is -2.40. The van der Waals surface area contributed by atoms with Gasteiger partial charge in [-0.1, -0.05) is 47.7 Å². The molecule has 0 bridgehead atoms. The first-order valence-corrected chi connectivity index (χ1v) is 13.5. The maximum atomic E-state index is 14.1. The van der Waals surface area contributed by atoms with Crippen LogP contribution in [-0.2, 0) is 4.79 Å². The molecule has 0 saturated heterocycles. The Balaban J connectivity index is 1.56. The summed E-state index contributed by atoms with van der Waals surface area (Å²) in [4.78, 5) is 36.4. The minimum Gasteiger partial charge on any atom is -0.497 e. The fourth-order valence-corrected chi connectivity index (χ4v) is 6.06. The Labute approximate surface area is 233 Å². The number of anilines is 1. The third-order valence-corrected chi connectivity index (χ3v) is 7.92. The zero-order valence-corrected chi connectivity index (χ0v) is 22.9. The van der Waals surface area contributed by atoms with Crippen molar-refractivity contribution in [1.82, 2.24) is 9.55 Å². The van der Waals surface area contributed by atoms with E-state index in [1.807, 2.05) is 72.9 Å². The molecule has 1 aliphatic rings. The van der Waals surface area contributed by atoms with Crippen LogP contribution in [0.1, 0.15) is 24.1 Å². The number of hydrogen-bond acceptors (Lipinski definition) is 6. The predicted octanol–water partition coefficient (Wildman–Crippen LogP) is 4.37. The number of para-hydroxylation sites is 2. The fraction of sp³-hybridized carbons (Fsp3) is 0.129. The number of benzene rings is 3. The SMILES string of the molecule is COc1ccc([C@H]2C(C(=O)Nc3ccccc3)=C(C)N=c3s/c(=C\c4c[nH]c5ccccc45)c(=O)n32)c(OC)c1. The van der Waals surface area contributed by atoms with E-state index < -0.39 is 6.04 Å². The number of carbonyl (C=O) groups is 1. The molecule has 9 heteroatoms. The minimum absolute atomic E-state index is 0.241. The van der Waals surface area contributed by atoms with Crippen molar-refractivity contribution in [2.75, 3.05) is 19.5 Å². The van der Waals surface area contributed by atoms with E-state index in [1.54, 1.807) is 37.8 Å². The summed E-state index contributed by atoms with van der Waals surface area (Å²) in [5.74, 6) is 0.750. The van der Waals surface area contributed by atoms with Crippen molar-refractivity contribution >= 4 is 39.9 Å². The van der Waals surface area contributed by atoms with Crippen LogP contribution in [0.2, 0.25) is 0 Å². The summed E-state index contributed by atoms with van der Waals surface area (Å²) in [6, 6.07) is 21.7. The number of rotatable bonds is 6. The van der Waals surface area contributed by atoms with E-state index in [4.69, 9.17) is 14.5 Å². The first-order valence-electron chi connectivity index (χ1n) is 12.7. The number of methoxy groups -OCH3 is 2. The first-order chi connectivity index (χ1) is 19.5. The molecule has 5 aromatic rings. The fourth-order valence-electron chi connectivity index (χ4n) is 5.02. The van der Waals surface area contributed by atoms with Gasteiger partial charge in [0, 0.05) is 40.0 Å². The maximum absolute atomic E-state index is 14.1. The van der Waals surface area contributed by atoms with Crippen LogP contribution in [-0.4, -0.2) is 29.7 Å². The quantitative estimate of drug-likeness (QED) is 0.328. The Morgan fingerprint density at radius 3 is 2.60 bits per heavy atom. The second-order valence-electron chi connectivity index (χ2n) is 9.30. The van der Waals surface area contributed by atoms with Gasteiger partial charge in [-0.25, -0.2) is 4.99 Å². The van der Waals surface area contributed by atoms with Gasteiger partial charge in [-0.2, -0.15) is 0 Å². The number of fused-ring (bicyclic) bond motifs is 2. The van der Waals surface area contributed by atoms with Crippen LogP contribution >= 0.6 is 11.3 Å². The van der Waals surface area contributed by atoms with E-state index in [2.05, 4.69) is 10.3 Å². The predicted molar refractivity (Wildman–Crippen MR) is 157 cm³/mol. The second kappa shape index (κ2) is 10.3. The standard InChI is InChI=1S/C31H26N4O4S/c1-18-27(29(36)34-20-9-5-4-6-10-20)28(23-14-13-21(38-2)16-25(23)39-3)35-30(37)26(40-31(35)33-18)15-19-17-32-24-12-8-7-11-22(19)24/h4-17,28,32H,1-3H3,(H,34,36)/b26-15-/t28-/m0/s1. The molecule has 8 nitrogen and oxygen atoms in total. The van der Waals surface area contributed by atoms with Crippen molar-refractivity contribution in [3.05, 3.63) is 121 Å². The summed E-state index contributed by atoms with van der Waals surface area (Å²) in [5.41, 5.74) is 3.82. The van der Waals surface area contributed by atoms with Crippen LogP contribution in [0.3, 0.4) is 0 Å². The van der Waals surface area contributed by atoms with E-state index in [0.717, 1.165) is 16.5 Å². The molecule has 0 saturated carbocycles. The largest absolute Gasteiger partial charge is 0.497 e. The topological polar surface area (TPSA) is 97.7 Å². The van der Waals surface area contributed by atoms with Gasteiger partial charge in [-0.15, -0.1) is 0 Å². The summed E-state index contributed by atoms with van der Waals surface area (Å²) in [6.07, 6.45) is 3.75. The number of H-pyrrole nitrogens is 1. The molecule has 1 aliphatic heterocycles. The van der Waals surface area contributed by atoms with E-state index in [9.17, 15) is 9.59 Å². The lowest BCUT2D eigenvalue weighted by molar-refractivity contribution is -0.113. The monoisotopic (exact) mass is 550 g/mol. The number of nitrogens with one attached hydrogen (secondary N) is 2. The number of thiazole rings is 1. The van der Waals surface area contributed by atoms with Gasteiger partial charge in [0.15, 0.2) is 4.80 Å². The average molecular weight is 551 g/mol. The molecule has 200 valence electrons. The number of aromatic nitrogens is 2. The Hall–Kier alpha value is -4.89. The number of hydrogen-bond donors (Lipinski definition) is 2. The van der Waals surface area contributed by atoms with Gasteiger partial charge in [-0.05, 0) is 43.3 Å². The lowest BCUT2D eigenvalue weighted by Gasteiger charge is -2.26. The summed E-state index contributed by atoms with van der Waals surface area (Å²) in [6.45, 7) is 1.79. The third-order valence-electron chi connectivity index (χ3n) is 6.94. The highest BCUT2D eigenvalue weighted by molar-refractivity contribution is 7.07. The molecule has 2 aromatic heterocycles. The molecular weight excluding hydrogens is 524 g/mol. The summed E-state index contributed by atoms with van der Waals surface area (Å²) in [5, 5.41) is 3.98. The molecule has 0 radical (unpaired) electrons. The molecule has 3 aromatic carbocycles. The van der Waals surface area contributed by atoms with Crippen LogP contribution in [0.5, 0.6) is 11.5 Å². The van der Waals surface area contributed by atoms with Gasteiger partial charge >= 0.3 is 0 Å². The van der Waals surface area contributed by atoms with Gasteiger partial charge < -0.3 is 19.8 Å². The summed E-state index contributed by atoms with van der Waals surface area (Å²) in [7, 11) is 3.13. The van der Waals surface area contributed by atoms with Crippen LogP contribution in [0.25, 0.3) is 17.0 Å². The zero-order valence-electron chi connectivity index (χ0n) is 22.1. The molecule has 0 unspecified atom stereocenters. The van der Waals surface area contributed by atoms with Crippen molar-refractivity contribution < 1.29 is 14.3 Å². The van der Waals surface area contributed by atoms with Crippen LogP contribution in [0.15, 0.2) is 100 Å². The lowest BCUT2D eigenvalue weighted by atomic mass is 9.94. The van der Waals surface area contributed by atoms with Gasteiger partial charge in [0.25, 0.3) is 11.5 Å². The number of ether oxygens (including phenoxy) is 2. The van der Waals surface area contributed by atoms with Crippen LogP contribution in [0, 0.1) is 0 Å². The molecule has 0 spiro atoms. The van der Waals surface area contributed by atoms with Crippen LogP contribution < -0.4 is 29.7 Å². The zero-order chi connectivity index (χ0) is 27.8. The maximum Gasteiger partial charge on any atom is 0.271 e. The molecule has 0 aliphatic carbocycles. The van der Waals surface area contributed by atoms with Crippen molar-refractivity contribution in [3.8, 4) is 11.5 Å².